The number of carbonyl (C=O) groups is 6. The van der Waals surface area contributed by atoms with Crippen molar-refractivity contribution >= 4 is 35.5 Å². The molecule has 2 fully saturated rings. The molecule has 2 aliphatic rings. The van der Waals surface area contributed by atoms with Crippen LogP contribution in [0.2, 0.25) is 0 Å². The molecule has 0 bridgehead atoms. The number of amides is 5. The number of carbonyl (C=O) groups excluding carboxylic acids is 6. The smallest absolute Gasteiger partial charge is 0.389 e. The van der Waals surface area contributed by atoms with Gasteiger partial charge in [-0.2, -0.15) is 13.2 Å². The number of ketones is 1. The number of hydrogen-bond donors (Lipinski definition) is 4. The molecule has 48 heavy (non-hydrogen) atoms. The predicted octanol–water partition coefficient (Wildman–Crippen LogP) is 3.25. The van der Waals surface area contributed by atoms with Crippen molar-refractivity contribution in [3.8, 4) is 0 Å². The molecule has 0 aromatic heterocycles. The number of nitrogens with zero attached hydrogens (tertiary/aromatic N) is 1. The van der Waals surface area contributed by atoms with Gasteiger partial charge in [-0.3, -0.25) is 19.2 Å². The van der Waals surface area contributed by atoms with E-state index in [0.717, 1.165) is 0 Å². The number of halogens is 3. The summed E-state index contributed by atoms with van der Waals surface area (Å²) in [5.74, 6) is -5.47. The fourth-order valence-electron chi connectivity index (χ4n) is 6.05. The fourth-order valence-corrected chi connectivity index (χ4v) is 6.05. The molecule has 4 N–H and O–H groups in total. The number of rotatable bonds is 13. The first-order chi connectivity index (χ1) is 21.7. The Labute approximate surface area is 280 Å². The number of fused-ring (bicyclic) bond motifs is 1. The third-order valence-electron chi connectivity index (χ3n) is 8.74. The van der Waals surface area contributed by atoms with E-state index in [2.05, 4.69) is 27.8 Å². The van der Waals surface area contributed by atoms with Gasteiger partial charge in [0.25, 0.3) is 5.91 Å². The van der Waals surface area contributed by atoms with Crippen molar-refractivity contribution in [2.24, 2.45) is 28.6 Å². The van der Waals surface area contributed by atoms with Crippen molar-refractivity contribution in [1.29, 1.82) is 0 Å². The molecular weight excluding hydrogens is 635 g/mol. The standard InChI is InChI=1S/C33H52F3N5O7/c1-12-15-37-26(44)23(42)19(13-14-33(34,35)36)38-25(43)22-20-18(32(20,10)11)16-41(22)27(45)24(30(4,5)6)40-29(47)39-21(17(2)3)28(46)48-31(7,8)9/h12,17-22,24H,1,13-16H2,2-11H3,(H,37,44)(H,38,43)(H2,39,40,47)/t18-,19?,20-,21-,22-,24+/m0/s1. The molecule has 1 aliphatic heterocycles. The van der Waals surface area contributed by atoms with Crippen molar-refractivity contribution in [2.75, 3.05) is 13.1 Å². The van der Waals surface area contributed by atoms with E-state index in [1.807, 2.05) is 13.8 Å². The summed E-state index contributed by atoms with van der Waals surface area (Å²) in [7, 11) is 0. The topological polar surface area (TPSA) is 163 Å². The van der Waals surface area contributed by atoms with Gasteiger partial charge < -0.3 is 30.9 Å². The molecular formula is C33H52F3N5O7. The largest absolute Gasteiger partial charge is 0.458 e. The molecule has 1 saturated carbocycles. The monoisotopic (exact) mass is 687 g/mol. The van der Waals surface area contributed by atoms with Gasteiger partial charge in [0.05, 0.1) is 6.04 Å². The SMILES string of the molecule is C=CCNC(=O)C(=O)C(CCC(F)(F)F)NC(=O)[C@@H]1[C@@H]2[C@H](CN1C(=O)[C@@H](NC(=O)N[C@H](C(=O)OC(C)(C)C)C(C)C)C(C)(C)C)C2(C)C. The van der Waals surface area contributed by atoms with Crippen molar-refractivity contribution in [3.63, 3.8) is 0 Å². The lowest BCUT2D eigenvalue weighted by molar-refractivity contribution is -0.158. The summed E-state index contributed by atoms with van der Waals surface area (Å²) in [6.45, 7) is 20.8. The van der Waals surface area contributed by atoms with Crippen molar-refractivity contribution in [3.05, 3.63) is 12.7 Å². The first-order valence-corrected chi connectivity index (χ1v) is 16.1. The highest BCUT2D eigenvalue weighted by molar-refractivity contribution is 6.38. The molecule has 12 nitrogen and oxygen atoms in total. The zero-order valence-electron chi connectivity index (χ0n) is 29.6. The number of nitrogens with one attached hydrogen (secondary N) is 4. The normalized spacial score (nSPS) is 22.0. The highest BCUT2D eigenvalue weighted by Gasteiger charge is 2.70. The van der Waals surface area contributed by atoms with E-state index >= 15 is 0 Å². The Morgan fingerprint density at radius 3 is 2.04 bits per heavy atom. The average Bonchev–Trinajstić information content (AvgIpc) is 3.25. The van der Waals surface area contributed by atoms with Gasteiger partial charge >= 0.3 is 18.2 Å². The van der Waals surface area contributed by atoms with Gasteiger partial charge in [0.2, 0.25) is 17.6 Å². The third-order valence-corrected chi connectivity index (χ3v) is 8.74. The summed E-state index contributed by atoms with van der Waals surface area (Å²) in [5, 5.41) is 9.80. The highest BCUT2D eigenvalue weighted by atomic mass is 19.4. The Balaban J connectivity index is 2.36. The molecule has 1 saturated heterocycles. The van der Waals surface area contributed by atoms with Crippen LogP contribution in [0.1, 0.15) is 82.1 Å². The zero-order chi connectivity index (χ0) is 37.2. The minimum absolute atomic E-state index is 0.113. The van der Waals surface area contributed by atoms with Gasteiger partial charge in [0.15, 0.2) is 0 Å². The maximum Gasteiger partial charge on any atom is 0.389 e. The molecule has 15 heteroatoms. The molecule has 1 aliphatic carbocycles. The van der Waals surface area contributed by atoms with Crippen LogP contribution in [0.15, 0.2) is 12.7 Å². The van der Waals surface area contributed by atoms with Crippen LogP contribution >= 0.6 is 0 Å². The first kappa shape index (κ1) is 40.5. The second kappa shape index (κ2) is 14.9. The number of ether oxygens (including phenoxy) is 1. The van der Waals surface area contributed by atoms with Crippen LogP contribution in [0.4, 0.5) is 18.0 Å². The van der Waals surface area contributed by atoms with Crippen LogP contribution in [0.3, 0.4) is 0 Å². The van der Waals surface area contributed by atoms with Crippen LogP contribution in [0.25, 0.3) is 0 Å². The van der Waals surface area contributed by atoms with E-state index in [1.54, 1.807) is 55.4 Å². The molecule has 2 rings (SSSR count). The van der Waals surface area contributed by atoms with Crippen LogP contribution in [0.5, 0.6) is 0 Å². The predicted molar refractivity (Wildman–Crippen MR) is 171 cm³/mol. The van der Waals surface area contributed by atoms with E-state index in [0.29, 0.717) is 0 Å². The molecule has 1 heterocycles. The Morgan fingerprint density at radius 1 is 0.979 bits per heavy atom. The van der Waals surface area contributed by atoms with Gasteiger partial charge in [-0.05, 0) is 55.8 Å². The van der Waals surface area contributed by atoms with E-state index in [4.69, 9.17) is 4.74 Å². The maximum absolute atomic E-state index is 14.2. The second-order valence-corrected chi connectivity index (χ2v) is 15.6. The molecule has 0 aromatic rings. The lowest BCUT2D eigenvalue weighted by Gasteiger charge is -2.38. The van der Waals surface area contributed by atoms with Gasteiger partial charge in [-0.25, -0.2) is 9.59 Å². The Bertz CT molecular complexity index is 1270. The third kappa shape index (κ3) is 10.4. The minimum Gasteiger partial charge on any atom is -0.458 e. The molecule has 6 atom stereocenters. The molecule has 5 amide bonds. The number of hydrogen-bond acceptors (Lipinski definition) is 7. The maximum atomic E-state index is 14.2. The Hall–Kier alpha value is -3.65. The molecule has 0 aromatic carbocycles. The lowest BCUT2D eigenvalue weighted by Crippen LogP contribution is -2.62. The van der Waals surface area contributed by atoms with Gasteiger partial charge in [-0.1, -0.05) is 54.5 Å². The van der Waals surface area contributed by atoms with Crippen LogP contribution in [-0.2, 0) is 28.7 Å². The van der Waals surface area contributed by atoms with Crippen LogP contribution < -0.4 is 21.3 Å². The Morgan fingerprint density at radius 2 is 1.56 bits per heavy atom. The van der Waals surface area contributed by atoms with E-state index in [1.165, 1.54) is 11.0 Å². The van der Waals surface area contributed by atoms with E-state index in [9.17, 15) is 41.9 Å². The van der Waals surface area contributed by atoms with Crippen molar-refractivity contribution in [1.82, 2.24) is 26.2 Å². The summed E-state index contributed by atoms with van der Waals surface area (Å²) >= 11 is 0. The highest BCUT2D eigenvalue weighted by Crippen LogP contribution is 2.65. The summed E-state index contributed by atoms with van der Waals surface area (Å²) < 4.78 is 44.9. The number of urea groups is 1. The quantitative estimate of drug-likeness (QED) is 0.131. The number of Topliss-reactive ketones (excluding diaryl/α,β-unsaturated/α-hetero) is 1. The number of piperidine rings is 1. The molecule has 1 unspecified atom stereocenters. The first-order valence-electron chi connectivity index (χ1n) is 16.1. The summed E-state index contributed by atoms with van der Waals surface area (Å²) in [6.07, 6.45) is -5.69. The second-order valence-electron chi connectivity index (χ2n) is 15.6. The number of alkyl halides is 3. The molecule has 272 valence electrons. The van der Waals surface area contributed by atoms with Gasteiger partial charge in [0.1, 0.15) is 23.7 Å². The fraction of sp³-hybridized carbons (Fsp3) is 0.758. The lowest BCUT2D eigenvalue weighted by atomic mass is 9.85. The number of esters is 1. The van der Waals surface area contributed by atoms with E-state index in [-0.39, 0.29) is 30.8 Å². The van der Waals surface area contributed by atoms with Gasteiger partial charge in [-0.15, -0.1) is 6.58 Å². The molecule has 0 radical (unpaired) electrons. The van der Waals surface area contributed by atoms with Crippen molar-refractivity contribution < 1.29 is 46.7 Å². The van der Waals surface area contributed by atoms with Gasteiger partial charge in [0, 0.05) is 19.5 Å². The zero-order valence-corrected chi connectivity index (χ0v) is 29.6. The summed E-state index contributed by atoms with van der Waals surface area (Å²) in [6, 6.07) is -6.04. The van der Waals surface area contributed by atoms with Crippen LogP contribution in [-0.4, -0.2) is 89.4 Å². The number of likely N-dealkylation sites (tertiary alicyclic amines) is 1. The van der Waals surface area contributed by atoms with Crippen LogP contribution in [0, 0.1) is 28.6 Å². The summed E-state index contributed by atoms with van der Waals surface area (Å²) in [4.78, 5) is 80.6. The Kier molecular flexibility index (Phi) is 12.5. The average molecular weight is 688 g/mol. The van der Waals surface area contributed by atoms with E-state index < -0.39 is 95.1 Å². The molecule has 0 spiro atoms. The summed E-state index contributed by atoms with van der Waals surface area (Å²) in [5.41, 5.74) is -2.10. The minimum atomic E-state index is -4.66. The van der Waals surface area contributed by atoms with Crippen molar-refractivity contribution in [2.45, 2.75) is 118 Å².